The quantitative estimate of drug-likeness (QED) is 0.515. The number of hydrogen-bond donors (Lipinski definition) is 0. The summed E-state index contributed by atoms with van der Waals surface area (Å²) in [5, 5.41) is 1.50. The summed E-state index contributed by atoms with van der Waals surface area (Å²) in [5.41, 5.74) is 0.962. The van der Waals surface area contributed by atoms with Crippen LogP contribution in [-0.2, 0) is 4.74 Å². The van der Waals surface area contributed by atoms with Gasteiger partial charge in [0.05, 0.1) is 19.8 Å². The molecule has 0 amide bonds. The second-order valence-corrected chi connectivity index (χ2v) is 5.28. The van der Waals surface area contributed by atoms with Crippen molar-refractivity contribution < 1.29 is 23.8 Å². The summed E-state index contributed by atoms with van der Waals surface area (Å²) in [6, 6.07) is 15.7. The van der Waals surface area contributed by atoms with Gasteiger partial charge in [0.2, 0.25) is 0 Å². The molecule has 5 nitrogen and oxygen atoms in total. The van der Waals surface area contributed by atoms with Gasteiger partial charge in [0.1, 0.15) is 12.0 Å². The first-order valence-electron chi connectivity index (χ1n) is 7.59. The van der Waals surface area contributed by atoms with E-state index in [0.29, 0.717) is 28.4 Å². The molecular formula is C20H16O5. The monoisotopic (exact) mass is 336 g/mol. The molecular weight excluding hydrogens is 320 g/mol. The highest BCUT2D eigenvalue weighted by molar-refractivity contribution is 6.06. The first-order valence-corrected chi connectivity index (χ1v) is 7.59. The summed E-state index contributed by atoms with van der Waals surface area (Å²) in [6.07, 6.45) is 0.743. The number of ether oxygens (including phenoxy) is 3. The number of benzene rings is 3. The number of hydrogen-bond acceptors (Lipinski definition) is 5. The normalized spacial score (nSPS) is 10.3. The molecule has 3 rings (SSSR count). The molecule has 0 radical (unpaired) electrons. The van der Waals surface area contributed by atoms with E-state index in [0.717, 1.165) is 17.1 Å². The molecule has 0 aliphatic heterocycles. The molecule has 3 aromatic rings. The van der Waals surface area contributed by atoms with Crippen molar-refractivity contribution in [2.45, 2.75) is 0 Å². The third-order valence-corrected chi connectivity index (χ3v) is 3.83. The average molecular weight is 336 g/mol. The van der Waals surface area contributed by atoms with Gasteiger partial charge in [-0.3, -0.25) is 4.79 Å². The Balaban J connectivity index is 2.09. The minimum atomic E-state index is -0.407. The van der Waals surface area contributed by atoms with Crippen LogP contribution in [0.4, 0.5) is 0 Å². The second kappa shape index (κ2) is 7.05. The lowest BCUT2D eigenvalue weighted by Gasteiger charge is -2.14. The molecule has 0 aromatic heterocycles. The number of aldehydes is 1. The van der Waals surface area contributed by atoms with Crippen molar-refractivity contribution >= 4 is 23.0 Å². The molecule has 0 saturated heterocycles. The summed E-state index contributed by atoms with van der Waals surface area (Å²) >= 11 is 0. The molecule has 126 valence electrons. The number of carbonyl (C=O) groups is 2. The number of fused-ring (bicyclic) bond motifs is 1. The third kappa shape index (κ3) is 3.17. The van der Waals surface area contributed by atoms with Crippen LogP contribution in [0.25, 0.3) is 10.8 Å². The fourth-order valence-electron chi connectivity index (χ4n) is 2.61. The Bertz CT molecular complexity index is 946. The van der Waals surface area contributed by atoms with E-state index in [2.05, 4.69) is 0 Å². The zero-order chi connectivity index (χ0) is 17.8. The summed E-state index contributed by atoms with van der Waals surface area (Å²) in [7, 11) is 2.86. The lowest BCUT2D eigenvalue weighted by molar-refractivity contribution is 0.0603. The van der Waals surface area contributed by atoms with Crippen molar-refractivity contribution in [2.75, 3.05) is 14.2 Å². The number of carbonyl (C=O) groups excluding carboxylic acids is 2. The molecule has 0 atom stereocenters. The maximum Gasteiger partial charge on any atom is 0.338 e. The molecule has 0 spiro atoms. The molecule has 5 heteroatoms. The van der Waals surface area contributed by atoms with Gasteiger partial charge in [0, 0.05) is 10.9 Å². The maximum absolute atomic E-state index is 12.0. The Morgan fingerprint density at radius 2 is 1.60 bits per heavy atom. The van der Waals surface area contributed by atoms with Gasteiger partial charge in [-0.05, 0) is 35.7 Å². The Kier molecular flexibility index (Phi) is 4.66. The molecule has 0 unspecified atom stereocenters. The van der Waals surface area contributed by atoms with Crippen molar-refractivity contribution in [1.29, 1.82) is 0 Å². The molecule has 0 aliphatic rings. The zero-order valence-corrected chi connectivity index (χ0v) is 13.8. The van der Waals surface area contributed by atoms with Crippen LogP contribution < -0.4 is 9.47 Å². The first-order chi connectivity index (χ1) is 12.2. The van der Waals surface area contributed by atoms with Gasteiger partial charge in [0.15, 0.2) is 11.5 Å². The van der Waals surface area contributed by atoms with Gasteiger partial charge in [-0.25, -0.2) is 4.79 Å². The number of methoxy groups -OCH3 is 2. The van der Waals surface area contributed by atoms with E-state index >= 15 is 0 Å². The van der Waals surface area contributed by atoms with Crippen LogP contribution in [0.15, 0.2) is 54.6 Å². The van der Waals surface area contributed by atoms with Gasteiger partial charge in [-0.2, -0.15) is 0 Å². The van der Waals surface area contributed by atoms with E-state index in [1.165, 1.54) is 14.2 Å². The fourth-order valence-corrected chi connectivity index (χ4v) is 2.61. The maximum atomic E-state index is 12.0. The van der Waals surface area contributed by atoms with Crippen LogP contribution in [0.5, 0.6) is 17.2 Å². The second-order valence-electron chi connectivity index (χ2n) is 5.28. The Hall–Kier alpha value is -3.34. The minimum Gasteiger partial charge on any atom is -0.493 e. The van der Waals surface area contributed by atoms with E-state index in [9.17, 15) is 9.59 Å². The molecule has 3 aromatic carbocycles. The number of rotatable bonds is 5. The molecule has 0 bridgehead atoms. The highest BCUT2D eigenvalue weighted by atomic mass is 16.5. The molecule has 0 N–H and O–H groups in total. The Morgan fingerprint density at radius 3 is 2.28 bits per heavy atom. The van der Waals surface area contributed by atoms with Crippen LogP contribution in [0.1, 0.15) is 20.7 Å². The van der Waals surface area contributed by atoms with E-state index < -0.39 is 5.97 Å². The van der Waals surface area contributed by atoms with Crippen molar-refractivity contribution in [1.82, 2.24) is 0 Å². The van der Waals surface area contributed by atoms with Gasteiger partial charge in [-0.15, -0.1) is 0 Å². The molecule has 25 heavy (non-hydrogen) atoms. The Labute approximate surface area is 144 Å². The van der Waals surface area contributed by atoms with Gasteiger partial charge < -0.3 is 14.2 Å². The van der Waals surface area contributed by atoms with Gasteiger partial charge >= 0.3 is 5.97 Å². The SMILES string of the molecule is COC(=O)c1ccc(Oc2ccc(C=O)cc2OC)c2ccccc12. The Morgan fingerprint density at radius 1 is 0.880 bits per heavy atom. The third-order valence-electron chi connectivity index (χ3n) is 3.83. The molecule has 0 heterocycles. The summed E-state index contributed by atoms with van der Waals surface area (Å²) in [6.45, 7) is 0. The predicted molar refractivity (Wildman–Crippen MR) is 93.7 cm³/mol. The zero-order valence-electron chi connectivity index (χ0n) is 13.8. The van der Waals surface area contributed by atoms with Crippen LogP contribution in [-0.4, -0.2) is 26.5 Å². The van der Waals surface area contributed by atoms with Crippen molar-refractivity contribution in [3.8, 4) is 17.2 Å². The molecule has 0 aliphatic carbocycles. The predicted octanol–water partition coefficient (Wildman–Crippen LogP) is 4.24. The number of esters is 1. The highest BCUT2D eigenvalue weighted by Gasteiger charge is 2.15. The van der Waals surface area contributed by atoms with Crippen LogP contribution in [0.2, 0.25) is 0 Å². The summed E-state index contributed by atoms with van der Waals surface area (Å²) < 4.78 is 16.1. The topological polar surface area (TPSA) is 61.8 Å². The van der Waals surface area contributed by atoms with Crippen LogP contribution in [0.3, 0.4) is 0 Å². The van der Waals surface area contributed by atoms with Crippen LogP contribution in [0, 0.1) is 0 Å². The summed E-state index contributed by atoms with van der Waals surface area (Å²) in [4.78, 5) is 22.9. The van der Waals surface area contributed by atoms with E-state index in [-0.39, 0.29) is 0 Å². The highest BCUT2D eigenvalue weighted by Crippen LogP contribution is 2.36. The lowest BCUT2D eigenvalue weighted by Crippen LogP contribution is -2.02. The van der Waals surface area contributed by atoms with Gasteiger partial charge in [-0.1, -0.05) is 24.3 Å². The van der Waals surface area contributed by atoms with Crippen molar-refractivity contribution in [3.05, 3.63) is 65.7 Å². The van der Waals surface area contributed by atoms with E-state index in [1.807, 2.05) is 24.3 Å². The average Bonchev–Trinajstić information content (AvgIpc) is 2.67. The summed E-state index contributed by atoms with van der Waals surface area (Å²) in [5.74, 6) is 1.09. The smallest absolute Gasteiger partial charge is 0.338 e. The van der Waals surface area contributed by atoms with E-state index in [1.54, 1.807) is 30.3 Å². The van der Waals surface area contributed by atoms with Crippen LogP contribution >= 0.6 is 0 Å². The molecule has 0 fully saturated rings. The standard InChI is InChI=1S/C20H16O5/c1-23-19-11-13(12-21)7-9-18(19)25-17-10-8-16(20(22)24-2)14-5-3-4-6-15(14)17/h3-12H,1-2H3. The minimum absolute atomic E-state index is 0.407. The van der Waals surface area contributed by atoms with Crippen molar-refractivity contribution in [3.63, 3.8) is 0 Å². The van der Waals surface area contributed by atoms with Gasteiger partial charge in [0.25, 0.3) is 0 Å². The fraction of sp³-hybridized carbons (Fsp3) is 0.100. The largest absolute Gasteiger partial charge is 0.493 e. The molecule has 0 saturated carbocycles. The van der Waals surface area contributed by atoms with E-state index in [4.69, 9.17) is 14.2 Å². The lowest BCUT2D eigenvalue weighted by atomic mass is 10.0. The van der Waals surface area contributed by atoms with Crippen molar-refractivity contribution in [2.24, 2.45) is 0 Å². The first kappa shape index (κ1) is 16.5.